The van der Waals surface area contributed by atoms with Crippen molar-refractivity contribution in [1.82, 2.24) is 15.0 Å². The van der Waals surface area contributed by atoms with E-state index in [0.717, 1.165) is 49.9 Å². The molecular weight excluding hydrogens is 574 g/mol. The third kappa shape index (κ3) is 4.82. The minimum Gasteiger partial charge on any atom is -0.485 e. The van der Waals surface area contributed by atoms with Crippen LogP contribution in [0.25, 0.3) is 61.4 Å². The van der Waals surface area contributed by atoms with E-state index in [1.54, 1.807) is 0 Å². The Morgan fingerprint density at radius 2 is 1.09 bits per heavy atom. The van der Waals surface area contributed by atoms with Crippen molar-refractivity contribution < 1.29 is 4.74 Å². The van der Waals surface area contributed by atoms with Crippen molar-refractivity contribution in [3.63, 3.8) is 0 Å². The number of allylic oxidation sites excluding steroid dienone is 2. The molecule has 1 aliphatic carbocycles. The van der Waals surface area contributed by atoms with E-state index in [-0.39, 0.29) is 12.0 Å². The third-order valence-corrected chi connectivity index (χ3v) is 9.14. The van der Waals surface area contributed by atoms with Crippen LogP contribution in [0.3, 0.4) is 0 Å². The van der Waals surface area contributed by atoms with Crippen LogP contribution in [0.15, 0.2) is 164 Å². The highest BCUT2D eigenvalue weighted by atomic mass is 16.5. The van der Waals surface area contributed by atoms with E-state index in [0.29, 0.717) is 17.5 Å². The standard InChI is InChI=1S/C43H29N3O/c1-3-12-28(13-4-1)29-24-26-31(27-25-29)34-19-10-22-37-39(34)40-36(21-11-23-38(40)47-37)43-45-41(32-15-5-2-6-16-32)44-42(46-43)35-20-9-17-30-14-7-8-18-33(30)35/h1-27,38,40H. The van der Waals surface area contributed by atoms with Gasteiger partial charge >= 0.3 is 0 Å². The molecule has 0 N–H and O–H groups in total. The first kappa shape index (κ1) is 27.2. The minimum atomic E-state index is -0.160. The van der Waals surface area contributed by atoms with Crippen molar-refractivity contribution in [1.29, 1.82) is 0 Å². The summed E-state index contributed by atoms with van der Waals surface area (Å²) in [5, 5.41) is 2.26. The number of hydrogen-bond acceptors (Lipinski definition) is 4. The van der Waals surface area contributed by atoms with E-state index in [1.165, 1.54) is 11.1 Å². The molecule has 9 rings (SSSR count). The average Bonchev–Trinajstić information content (AvgIpc) is 3.54. The Morgan fingerprint density at radius 1 is 0.468 bits per heavy atom. The largest absolute Gasteiger partial charge is 0.485 e. The van der Waals surface area contributed by atoms with Crippen LogP contribution in [0.5, 0.6) is 5.75 Å². The van der Waals surface area contributed by atoms with E-state index >= 15 is 0 Å². The molecule has 0 saturated carbocycles. The van der Waals surface area contributed by atoms with Gasteiger partial charge in [0.25, 0.3) is 0 Å². The molecule has 0 fully saturated rings. The van der Waals surface area contributed by atoms with Gasteiger partial charge in [0.05, 0.1) is 5.92 Å². The van der Waals surface area contributed by atoms with Gasteiger partial charge in [-0.25, -0.2) is 15.0 Å². The summed E-state index contributed by atoms with van der Waals surface area (Å²) in [5.41, 5.74) is 8.81. The van der Waals surface area contributed by atoms with E-state index in [2.05, 4.69) is 140 Å². The van der Waals surface area contributed by atoms with Gasteiger partial charge in [0.15, 0.2) is 17.5 Å². The molecule has 1 aromatic heterocycles. The van der Waals surface area contributed by atoms with Crippen LogP contribution in [0.2, 0.25) is 0 Å². The highest BCUT2D eigenvalue weighted by molar-refractivity contribution is 5.95. The van der Waals surface area contributed by atoms with Gasteiger partial charge in [-0.15, -0.1) is 0 Å². The number of rotatable bonds is 5. The summed E-state index contributed by atoms with van der Waals surface area (Å²) in [6.07, 6.45) is 6.20. The summed E-state index contributed by atoms with van der Waals surface area (Å²) in [6, 6.07) is 50.5. The fraction of sp³-hybridized carbons (Fsp3) is 0.0465. The average molecular weight is 604 g/mol. The van der Waals surface area contributed by atoms with Gasteiger partial charge in [-0.1, -0.05) is 152 Å². The molecule has 2 atom stereocenters. The van der Waals surface area contributed by atoms with Gasteiger partial charge in [0, 0.05) is 22.3 Å². The summed E-state index contributed by atoms with van der Waals surface area (Å²) in [7, 11) is 0. The SMILES string of the molecule is C1=CC2Oc3cccc(-c4ccc(-c5ccccc5)cc4)c3C2C(c2nc(-c3ccccc3)nc(-c3cccc4ccccc34)n2)=C1. The molecule has 4 heteroatoms. The van der Waals surface area contributed by atoms with Gasteiger partial charge in [0.1, 0.15) is 11.9 Å². The first-order chi connectivity index (χ1) is 23.3. The lowest BCUT2D eigenvalue weighted by atomic mass is 9.80. The van der Waals surface area contributed by atoms with Gasteiger partial charge in [-0.2, -0.15) is 0 Å². The van der Waals surface area contributed by atoms with Gasteiger partial charge < -0.3 is 4.74 Å². The smallest absolute Gasteiger partial charge is 0.164 e. The van der Waals surface area contributed by atoms with Crippen LogP contribution in [-0.4, -0.2) is 21.1 Å². The van der Waals surface area contributed by atoms with Crippen molar-refractivity contribution >= 4 is 16.3 Å². The van der Waals surface area contributed by atoms with Crippen LogP contribution in [0, 0.1) is 0 Å². The van der Waals surface area contributed by atoms with Crippen molar-refractivity contribution in [2.45, 2.75) is 12.0 Å². The molecule has 1 aliphatic heterocycles. The number of benzene rings is 6. The fourth-order valence-electron chi connectivity index (χ4n) is 6.90. The van der Waals surface area contributed by atoms with Crippen LogP contribution >= 0.6 is 0 Å². The second-order valence-corrected chi connectivity index (χ2v) is 11.9. The Labute approximate surface area is 273 Å². The molecule has 222 valence electrons. The summed E-state index contributed by atoms with van der Waals surface area (Å²) in [4.78, 5) is 15.4. The van der Waals surface area contributed by atoms with Crippen LogP contribution in [0.1, 0.15) is 17.3 Å². The topological polar surface area (TPSA) is 47.9 Å². The van der Waals surface area contributed by atoms with Crippen LogP contribution < -0.4 is 4.74 Å². The molecule has 0 radical (unpaired) electrons. The van der Waals surface area contributed by atoms with E-state index in [4.69, 9.17) is 19.7 Å². The molecule has 2 heterocycles. The Kier molecular flexibility index (Phi) is 6.57. The highest BCUT2D eigenvalue weighted by Crippen LogP contribution is 2.51. The number of aromatic nitrogens is 3. The van der Waals surface area contributed by atoms with Crippen molar-refractivity contribution in [3.8, 4) is 50.8 Å². The first-order valence-corrected chi connectivity index (χ1v) is 15.9. The van der Waals surface area contributed by atoms with E-state index in [9.17, 15) is 0 Å². The Balaban J connectivity index is 1.19. The molecule has 0 spiro atoms. The first-order valence-electron chi connectivity index (χ1n) is 15.9. The van der Waals surface area contributed by atoms with Crippen LogP contribution in [-0.2, 0) is 0 Å². The third-order valence-electron chi connectivity index (χ3n) is 9.14. The molecule has 6 aromatic carbocycles. The van der Waals surface area contributed by atoms with Crippen molar-refractivity contribution in [2.24, 2.45) is 0 Å². The van der Waals surface area contributed by atoms with Crippen molar-refractivity contribution in [3.05, 3.63) is 175 Å². The highest BCUT2D eigenvalue weighted by Gasteiger charge is 2.40. The van der Waals surface area contributed by atoms with E-state index < -0.39 is 0 Å². The Morgan fingerprint density at radius 3 is 1.91 bits per heavy atom. The minimum absolute atomic E-state index is 0.0774. The summed E-state index contributed by atoms with van der Waals surface area (Å²) in [6.45, 7) is 0. The molecule has 4 nitrogen and oxygen atoms in total. The second kappa shape index (κ2) is 11.3. The van der Waals surface area contributed by atoms with Gasteiger partial charge in [0.2, 0.25) is 0 Å². The summed E-state index contributed by atoms with van der Waals surface area (Å²) < 4.78 is 6.61. The fourth-order valence-corrected chi connectivity index (χ4v) is 6.90. The molecule has 47 heavy (non-hydrogen) atoms. The summed E-state index contributed by atoms with van der Waals surface area (Å²) in [5.74, 6) is 2.78. The number of hydrogen-bond donors (Lipinski definition) is 0. The zero-order chi connectivity index (χ0) is 31.2. The molecule has 0 amide bonds. The Hall–Kier alpha value is -6.13. The number of fused-ring (bicyclic) bond motifs is 4. The molecule has 0 bridgehead atoms. The summed E-state index contributed by atoms with van der Waals surface area (Å²) >= 11 is 0. The predicted molar refractivity (Wildman–Crippen MR) is 190 cm³/mol. The Bertz CT molecular complexity index is 2320. The monoisotopic (exact) mass is 603 g/mol. The zero-order valence-corrected chi connectivity index (χ0v) is 25.5. The number of nitrogens with zero attached hydrogens (tertiary/aromatic N) is 3. The molecule has 2 aliphatic rings. The number of ether oxygens (including phenoxy) is 1. The van der Waals surface area contributed by atoms with Gasteiger partial charge in [-0.05, 0) is 45.2 Å². The maximum atomic E-state index is 6.61. The normalized spacial score (nSPS) is 16.3. The predicted octanol–water partition coefficient (Wildman–Crippen LogP) is 10.2. The zero-order valence-electron chi connectivity index (χ0n) is 25.5. The van der Waals surface area contributed by atoms with E-state index in [1.807, 2.05) is 24.3 Å². The second-order valence-electron chi connectivity index (χ2n) is 11.9. The quantitative estimate of drug-likeness (QED) is 0.196. The molecule has 0 saturated heterocycles. The lowest BCUT2D eigenvalue weighted by molar-refractivity contribution is 0.271. The maximum Gasteiger partial charge on any atom is 0.164 e. The van der Waals surface area contributed by atoms with Crippen LogP contribution in [0.4, 0.5) is 0 Å². The van der Waals surface area contributed by atoms with Gasteiger partial charge in [-0.3, -0.25) is 0 Å². The lowest BCUT2D eigenvalue weighted by Gasteiger charge is -2.23. The molecule has 7 aromatic rings. The molecule has 2 unspecified atom stereocenters. The van der Waals surface area contributed by atoms with Crippen molar-refractivity contribution in [2.75, 3.05) is 0 Å². The lowest BCUT2D eigenvalue weighted by Crippen LogP contribution is -2.21. The molecular formula is C43H29N3O. The maximum absolute atomic E-state index is 6.61.